The number of hydrogen-bond acceptors (Lipinski definition) is 2. The van der Waals surface area contributed by atoms with Crippen molar-refractivity contribution >= 4 is 0 Å². The fraction of sp³-hybridized carbons (Fsp3) is 0.600. The molecule has 0 aliphatic heterocycles. The van der Waals surface area contributed by atoms with Crippen LogP contribution in [0.2, 0.25) is 0 Å². The van der Waals surface area contributed by atoms with Gasteiger partial charge in [-0.05, 0) is 43.5 Å². The van der Waals surface area contributed by atoms with E-state index in [-0.39, 0.29) is 11.9 Å². The summed E-state index contributed by atoms with van der Waals surface area (Å²) >= 11 is 0. The quantitative estimate of drug-likeness (QED) is 0.837. The van der Waals surface area contributed by atoms with Crippen LogP contribution in [0.15, 0.2) is 24.3 Å². The van der Waals surface area contributed by atoms with Crippen molar-refractivity contribution in [2.75, 3.05) is 20.2 Å². The second kappa shape index (κ2) is 6.86. The Hall–Kier alpha value is -0.930. The van der Waals surface area contributed by atoms with Gasteiger partial charge in [0.25, 0.3) is 0 Å². The van der Waals surface area contributed by atoms with Crippen molar-refractivity contribution in [3.8, 4) is 0 Å². The lowest BCUT2D eigenvalue weighted by Gasteiger charge is -2.20. The van der Waals surface area contributed by atoms with Crippen LogP contribution in [-0.4, -0.2) is 20.2 Å². The van der Waals surface area contributed by atoms with E-state index in [4.69, 9.17) is 4.74 Å². The standard InChI is InChI=1S/C15H22FNO/c1-17-10-15(13-7-4-8-14(16)9-13)18-11-12-5-2-3-6-12/h4,7-9,12,15,17H,2-3,5-6,10-11H2,1H3. The fourth-order valence-corrected chi connectivity index (χ4v) is 2.59. The smallest absolute Gasteiger partial charge is 0.123 e. The zero-order chi connectivity index (χ0) is 12.8. The van der Waals surface area contributed by atoms with E-state index < -0.39 is 0 Å². The van der Waals surface area contributed by atoms with Gasteiger partial charge < -0.3 is 10.1 Å². The van der Waals surface area contributed by atoms with Gasteiger partial charge in [0.1, 0.15) is 5.82 Å². The summed E-state index contributed by atoms with van der Waals surface area (Å²) in [7, 11) is 1.89. The fourth-order valence-electron chi connectivity index (χ4n) is 2.59. The zero-order valence-corrected chi connectivity index (χ0v) is 11.0. The minimum absolute atomic E-state index is 0.0497. The summed E-state index contributed by atoms with van der Waals surface area (Å²) in [5.41, 5.74) is 0.919. The molecule has 1 aromatic rings. The SMILES string of the molecule is CNCC(OCC1CCCC1)c1cccc(F)c1. The van der Waals surface area contributed by atoms with Gasteiger partial charge in [-0.1, -0.05) is 25.0 Å². The number of rotatable bonds is 6. The van der Waals surface area contributed by atoms with E-state index in [2.05, 4.69) is 5.32 Å². The Bertz CT molecular complexity index is 363. The first-order valence-electron chi connectivity index (χ1n) is 6.81. The van der Waals surface area contributed by atoms with E-state index in [1.807, 2.05) is 13.1 Å². The lowest BCUT2D eigenvalue weighted by Crippen LogP contribution is -2.22. The molecule has 1 saturated carbocycles. The predicted octanol–water partition coefficient (Wildman–Crippen LogP) is 3.29. The third-order valence-electron chi connectivity index (χ3n) is 3.62. The van der Waals surface area contributed by atoms with Crippen molar-refractivity contribution in [3.63, 3.8) is 0 Å². The van der Waals surface area contributed by atoms with Crippen LogP contribution in [0.3, 0.4) is 0 Å². The normalized spacial score (nSPS) is 18.1. The van der Waals surface area contributed by atoms with Crippen LogP contribution >= 0.6 is 0 Å². The minimum atomic E-state index is -0.196. The zero-order valence-electron chi connectivity index (χ0n) is 11.0. The van der Waals surface area contributed by atoms with E-state index in [9.17, 15) is 4.39 Å². The molecule has 100 valence electrons. The molecule has 0 amide bonds. The maximum Gasteiger partial charge on any atom is 0.123 e. The Kier molecular flexibility index (Phi) is 5.14. The van der Waals surface area contributed by atoms with Crippen LogP contribution in [0, 0.1) is 11.7 Å². The van der Waals surface area contributed by atoms with Gasteiger partial charge in [0.05, 0.1) is 12.7 Å². The summed E-state index contributed by atoms with van der Waals surface area (Å²) in [6.45, 7) is 1.51. The molecule has 1 aliphatic rings. The van der Waals surface area contributed by atoms with Gasteiger partial charge in [0.15, 0.2) is 0 Å². The number of halogens is 1. The highest BCUT2D eigenvalue weighted by Gasteiger charge is 2.18. The molecule has 1 unspecified atom stereocenters. The monoisotopic (exact) mass is 251 g/mol. The first kappa shape index (κ1) is 13.5. The lowest BCUT2D eigenvalue weighted by atomic mass is 10.1. The third-order valence-corrected chi connectivity index (χ3v) is 3.62. The molecule has 1 aliphatic carbocycles. The Balaban J connectivity index is 1.94. The van der Waals surface area contributed by atoms with Gasteiger partial charge in [0, 0.05) is 6.54 Å². The van der Waals surface area contributed by atoms with Crippen LogP contribution < -0.4 is 5.32 Å². The van der Waals surface area contributed by atoms with Crippen LogP contribution in [0.1, 0.15) is 37.4 Å². The highest BCUT2D eigenvalue weighted by Crippen LogP contribution is 2.27. The summed E-state index contributed by atoms with van der Waals surface area (Å²) in [5, 5.41) is 3.11. The Morgan fingerprint density at radius 3 is 2.83 bits per heavy atom. The van der Waals surface area contributed by atoms with Crippen molar-refractivity contribution in [1.82, 2.24) is 5.32 Å². The summed E-state index contributed by atoms with van der Waals surface area (Å²) in [4.78, 5) is 0. The Morgan fingerprint density at radius 1 is 1.39 bits per heavy atom. The molecule has 2 nitrogen and oxygen atoms in total. The maximum absolute atomic E-state index is 13.2. The highest BCUT2D eigenvalue weighted by molar-refractivity contribution is 5.19. The molecule has 0 saturated heterocycles. The molecule has 1 fully saturated rings. The van der Waals surface area contributed by atoms with Crippen molar-refractivity contribution in [1.29, 1.82) is 0 Å². The molecule has 0 radical (unpaired) electrons. The topological polar surface area (TPSA) is 21.3 Å². The van der Waals surface area contributed by atoms with E-state index in [0.29, 0.717) is 5.92 Å². The molecule has 0 heterocycles. The van der Waals surface area contributed by atoms with E-state index >= 15 is 0 Å². The molecule has 0 bridgehead atoms. The van der Waals surface area contributed by atoms with Gasteiger partial charge in [-0.25, -0.2) is 4.39 Å². The first-order chi connectivity index (χ1) is 8.79. The van der Waals surface area contributed by atoms with E-state index in [1.54, 1.807) is 12.1 Å². The Labute approximate surface area is 109 Å². The minimum Gasteiger partial charge on any atom is -0.372 e. The average molecular weight is 251 g/mol. The van der Waals surface area contributed by atoms with Gasteiger partial charge in [-0.2, -0.15) is 0 Å². The molecular formula is C15H22FNO. The van der Waals surface area contributed by atoms with Crippen LogP contribution in [-0.2, 0) is 4.74 Å². The van der Waals surface area contributed by atoms with Gasteiger partial charge in [-0.3, -0.25) is 0 Å². The number of nitrogens with one attached hydrogen (secondary N) is 1. The summed E-state index contributed by atoms with van der Waals surface area (Å²) in [5.74, 6) is 0.496. The van der Waals surface area contributed by atoms with E-state index in [1.165, 1.54) is 31.7 Å². The van der Waals surface area contributed by atoms with Gasteiger partial charge >= 0.3 is 0 Å². The van der Waals surface area contributed by atoms with Crippen LogP contribution in [0.5, 0.6) is 0 Å². The number of hydrogen-bond donors (Lipinski definition) is 1. The predicted molar refractivity (Wildman–Crippen MR) is 71.0 cm³/mol. The molecule has 3 heteroatoms. The van der Waals surface area contributed by atoms with Gasteiger partial charge in [-0.15, -0.1) is 0 Å². The molecule has 2 rings (SSSR count). The summed E-state index contributed by atoms with van der Waals surface area (Å²) < 4.78 is 19.2. The number of benzene rings is 1. The molecular weight excluding hydrogens is 229 g/mol. The largest absolute Gasteiger partial charge is 0.372 e. The summed E-state index contributed by atoms with van der Waals surface area (Å²) in [6, 6.07) is 6.71. The van der Waals surface area contributed by atoms with Crippen LogP contribution in [0.25, 0.3) is 0 Å². The molecule has 1 atom stereocenters. The average Bonchev–Trinajstić information content (AvgIpc) is 2.87. The molecule has 0 aromatic heterocycles. The Morgan fingerprint density at radius 2 is 2.17 bits per heavy atom. The van der Waals surface area contributed by atoms with Crippen molar-refractivity contribution in [2.24, 2.45) is 5.92 Å². The van der Waals surface area contributed by atoms with Gasteiger partial charge in [0.2, 0.25) is 0 Å². The third kappa shape index (κ3) is 3.79. The highest BCUT2D eigenvalue weighted by atomic mass is 19.1. The second-order valence-electron chi connectivity index (χ2n) is 5.09. The first-order valence-corrected chi connectivity index (χ1v) is 6.81. The molecule has 18 heavy (non-hydrogen) atoms. The van der Waals surface area contributed by atoms with Crippen molar-refractivity contribution in [2.45, 2.75) is 31.8 Å². The van der Waals surface area contributed by atoms with Crippen molar-refractivity contribution in [3.05, 3.63) is 35.6 Å². The number of likely N-dealkylation sites (N-methyl/N-ethyl adjacent to an activating group) is 1. The number of ether oxygens (including phenoxy) is 1. The summed E-state index contributed by atoms with van der Waals surface area (Å²) in [6.07, 6.45) is 5.14. The molecule has 1 aromatic carbocycles. The lowest BCUT2D eigenvalue weighted by molar-refractivity contribution is 0.0304. The maximum atomic E-state index is 13.2. The molecule has 0 spiro atoms. The van der Waals surface area contributed by atoms with Crippen LogP contribution in [0.4, 0.5) is 4.39 Å². The van der Waals surface area contributed by atoms with Crippen molar-refractivity contribution < 1.29 is 9.13 Å². The second-order valence-corrected chi connectivity index (χ2v) is 5.09. The van der Waals surface area contributed by atoms with E-state index in [0.717, 1.165) is 18.7 Å². The molecule has 1 N–H and O–H groups in total.